The third-order valence-corrected chi connectivity index (χ3v) is 3.87. The molecule has 0 aromatic heterocycles. The highest BCUT2D eigenvalue weighted by atomic mass is 16.5. The molecular formula is C16H25NO. The zero-order chi connectivity index (χ0) is 13.0. The molecule has 1 aliphatic rings. The van der Waals surface area contributed by atoms with Crippen molar-refractivity contribution in [1.82, 2.24) is 5.32 Å². The first-order chi connectivity index (χ1) is 8.77. The number of para-hydroxylation sites is 1. The second-order valence-electron chi connectivity index (χ2n) is 5.20. The molecule has 0 heterocycles. The largest absolute Gasteiger partial charge is 0.494 e. The number of nitrogens with one attached hydrogen (secondary N) is 1. The van der Waals surface area contributed by atoms with E-state index in [1.54, 1.807) is 0 Å². The second-order valence-corrected chi connectivity index (χ2v) is 5.20. The van der Waals surface area contributed by atoms with E-state index in [9.17, 15) is 0 Å². The summed E-state index contributed by atoms with van der Waals surface area (Å²) >= 11 is 0. The summed E-state index contributed by atoms with van der Waals surface area (Å²) in [5.74, 6) is 2.62. The van der Waals surface area contributed by atoms with Crippen LogP contribution < -0.4 is 10.1 Å². The molecule has 2 rings (SSSR count). The highest BCUT2D eigenvalue weighted by Gasteiger charge is 2.34. The van der Waals surface area contributed by atoms with Gasteiger partial charge in [-0.05, 0) is 44.2 Å². The van der Waals surface area contributed by atoms with Gasteiger partial charge in [-0.3, -0.25) is 0 Å². The lowest BCUT2D eigenvalue weighted by Gasteiger charge is -2.27. The summed E-state index contributed by atoms with van der Waals surface area (Å²) in [5.41, 5.74) is 1.32. The number of rotatable bonds is 7. The average molecular weight is 247 g/mol. The van der Waals surface area contributed by atoms with Crippen molar-refractivity contribution in [3.8, 4) is 5.75 Å². The van der Waals surface area contributed by atoms with Crippen LogP contribution in [-0.4, -0.2) is 13.2 Å². The van der Waals surface area contributed by atoms with Crippen molar-refractivity contribution in [1.29, 1.82) is 0 Å². The highest BCUT2D eigenvalue weighted by molar-refractivity contribution is 5.36. The maximum atomic E-state index is 5.77. The third kappa shape index (κ3) is 3.05. The molecule has 1 N–H and O–H groups in total. The van der Waals surface area contributed by atoms with E-state index in [1.807, 2.05) is 6.92 Å². The van der Waals surface area contributed by atoms with E-state index in [1.165, 1.54) is 18.4 Å². The Bertz CT molecular complexity index is 373. The van der Waals surface area contributed by atoms with Gasteiger partial charge in [0.15, 0.2) is 0 Å². The van der Waals surface area contributed by atoms with Crippen molar-refractivity contribution in [2.24, 2.45) is 11.8 Å². The number of hydrogen-bond donors (Lipinski definition) is 1. The molecule has 2 atom stereocenters. The minimum Gasteiger partial charge on any atom is -0.494 e. The minimum absolute atomic E-state index is 0.422. The fourth-order valence-corrected chi connectivity index (χ4v) is 2.72. The molecule has 1 aromatic carbocycles. The van der Waals surface area contributed by atoms with Crippen LogP contribution in [0.15, 0.2) is 24.3 Å². The van der Waals surface area contributed by atoms with Gasteiger partial charge in [-0.1, -0.05) is 32.0 Å². The van der Waals surface area contributed by atoms with E-state index in [4.69, 9.17) is 4.74 Å². The van der Waals surface area contributed by atoms with Crippen molar-refractivity contribution in [2.45, 2.75) is 39.7 Å². The Kier molecular flexibility index (Phi) is 4.65. The van der Waals surface area contributed by atoms with Gasteiger partial charge in [0.1, 0.15) is 5.75 Å². The first-order valence-electron chi connectivity index (χ1n) is 7.23. The lowest BCUT2D eigenvalue weighted by Crippen LogP contribution is -2.28. The topological polar surface area (TPSA) is 21.3 Å². The zero-order valence-electron chi connectivity index (χ0n) is 11.8. The molecule has 0 aliphatic heterocycles. The maximum Gasteiger partial charge on any atom is 0.124 e. The molecule has 0 spiro atoms. The SMILES string of the molecule is CCNC(c1ccccc1OCC)C(C)C1CC1. The Morgan fingerprint density at radius 2 is 2.00 bits per heavy atom. The zero-order valence-corrected chi connectivity index (χ0v) is 11.8. The Balaban J connectivity index is 2.22. The van der Waals surface area contributed by atoms with Gasteiger partial charge in [0.2, 0.25) is 0 Å². The fourth-order valence-electron chi connectivity index (χ4n) is 2.72. The summed E-state index contributed by atoms with van der Waals surface area (Å²) < 4.78 is 5.77. The van der Waals surface area contributed by atoms with Gasteiger partial charge in [0.25, 0.3) is 0 Å². The van der Waals surface area contributed by atoms with Crippen LogP contribution in [0.3, 0.4) is 0 Å². The van der Waals surface area contributed by atoms with E-state index in [0.29, 0.717) is 12.0 Å². The predicted molar refractivity (Wildman–Crippen MR) is 75.9 cm³/mol. The lowest BCUT2D eigenvalue weighted by molar-refractivity contribution is 0.310. The molecule has 18 heavy (non-hydrogen) atoms. The minimum atomic E-state index is 0.422. The molecular weight excluding hydrogens is 222 g/mol. The molecule has 1 aliphatic carbocycles. The van der Waals surface area contributed by atoms with Gasteiger partial charge < -0.3 is 10.1 Å². The van der Waals surface area contributed by atoms with Gasteiger partial charge in [-0.25, -0.2) is 0 Å². The monoisotopic (exact) mass is 247 g/mol. The van der Waals surface area contributed by atoms with Crippen LogP contribution in [-0.2, 0) is 0 Å². The molecule has 0 bridgehead atoms. The standard InChI is InChI=1S/C16H25NO/c1-4-17-16(12(3)13-10-11-13)14-8-6-7-9-15(14)18-5-2/h6-9,12-13,16-17H,4-5,10-11H2,1-3H3. The molecule has 1 aromatic rings. The lowest BCUT2D eigenvalue weighted by atomic mass is 9.90. The number of ether oxygens (including phenoxy) is 1. The van der Waals surface area contributed by atoms with Gasteiger partial charge in [0.05, 0.1) is 6.61 Å². The van der Waals surface area contributed by atoms with E-state index >= 15 is 0 Å². The Morgan fingerprint density at radius 1 is 1.28 bits per heavy atom. The summed E-state index contributed by atoms with van der Waals surface area (Å²) in [5, 5.41) is 3.64. The molecule has 0 saturated heterocycles. The molecule has 1 saturated carbocycles. The van der Waals surface area contributed by atoms with E-state index in [2.05, 4.69) is 43.4 Å². The Morgan fingerprint density at radius 3 is 2.61 bits per heavy atom. The summed E-state index contributed by atoms with van der Waals surface area (Å²) in [4.78, 5) is 0. The normalized spacial score (nSPS) is 18.4. The van der Waals surface area contributed by atoms with Gasteiger partial charge in [0, 0.05) is 11.6 Å². The van der Waals surface area contributed by atoms with E-state index < -0.39 is 0 Å². The second kappa shape index (κ2) is 6.24. The molecule has 2 unspecified atom stereocenters. The van der Waals surface area contributed by atoms with Gasteiger partial charge >= 0.3 is 0 Å². The molecule has 1 fully saturated rings. The Labute approximate surface area is 111 Å². The fraction of sp³-hybridized carbons (Fsp3) is 0.625. The van der Waals surface area contributed by atoms with Crippen LogP contribution in [0.4, 0.5) is 0 Å². The Hall–Kier alpha value is -1.02. The first-order valence-corrected chi connectivity index (χ1v) is 7.23. The number of hydrogen-bond acceptors (Lipinski definition) is 2. The van der Waals surface area contributed by atoms with Crippen molar-refractivity contribution in [2.75, 3.05) is 13.2 Å². The highest BCUT2D eigenvalue weighted by Crippen LogP contribution is 2.44. The first kappa shape index (κ1) is 13.4. The van der Waals surface area contributed by atoms with Crippen LogP contribution in [0, 0.1) is 11.8 Å². The summed E-state index contributed by atoms with van der Waals surface area (Å²) in [6.07, 6.45) is 2.78. The summed E-state index contributed by atoms with van der Waals surface area (Å²) in [6, 6.07) is 8.88. The smallest absolute Gasteiger partial charge is 0.124 e. The number of benzene rings is 1. The van der Waals surface area contributed by atoms with E-state index in [0.717, 1.165) is 24.8 Å². The van der Waals surface area contributed by atoms with Crippen LogP contribution in [0.2, 0.25) is 0 Å². The van der Waals surface area contributed by atoms with Crippen molar-refractivity contribution >= 4 is 0 Å². The van der Waals surface area contributed by atoms with Gasteiger partial charge in [-0.2, -0.15) is 0 Å². The van der Waals surface area contributed by atoms with E-state index in [-0.39, 0.29) is 0 Å². The predicted octanol–water partition coefficient (Wildman–Crippen LogP) is 3.78. The van der Waals surface area contributed by atoms with Crippen LogP contribution in [0.5, 0.6) is 5.75 Å². The quantitative estimate of drug-likeness (QED) is 0.791. The van der Waals surface area contributed by atoms with Crippen LogP contribution in [0.1, 0.15) is 45.2 Å². The van der Waals surface area contributed by atoms with Crippen molar-refractivity contribution in [3.05, 3.63) is 29.8 Å². The molecule has 2 nitrogen and oxygen atoms in total. The third-order valence-electron chi connectivity index (χ3n) is 3.87. The molecule has 100 valence electrons. The van der Waals surface area contributed by atoms with Gasteiger partial charge in [-0.15, -0.1) is 0 Å². The summed E-state index contributed by atoms with van der Waals surface area (Å²) in [7, 11) is 0. The van der Waals surface area contributed by atoms with Crippen LogP contribution in [0.25, 0.3) is 0 Å². The summed E-state index contributed by atoms with van der Waals surface area (Å²) in [6.45, 7) is 8.32. The molecule has 0 radical (unpaired) electrons. The average Bonchev–Trinajstić information content (AvgIpc) is 3.21. The van der Waals surface area contributed by atoms with Crippen LogP contribution >= 0.6 is 0 Å². The van der Waals surface area contributed by atoms with Crippen molar-refractivity contribution < 1.29 is 4.74 Å². The van der Waals surface area contributed by atoms with Crippen molar-refractivity contribution in [3.63, 3.8) is 0 Å². The maximum absolute atomic E-state index is 5.77. The molecule has 0 amide bonds. The molecule has 2 heteroatoms.